The molecule has 0 atom stereocenters. The maximum atomic E-state index is 12.7. The lowest BCUT2D eigenvalue weighted by Gasteiger charge is -2.18. The number of likely N-dealkylation sites (N-methyl/N-ethyl adjacent to an activating group) is 1. The number of urea groups is 1. The van der Waals surface area contributed by atoms with E-state index in [9.17, 15) is 14.0 Å². The van der Waals surface area contributed by atoms with Crippen LogP contribution in [0.4, 0.5) is 19.8 Å². The van der Waals surface area contributed by atoms with Crippen molar-refractivity contribution in [1.82, 2.24) is 15.2 Å². The van der Waals surface area contributed by atoms with Crippen LogP contribution in [0.5, 0.6) is 0 Å². The third-order valence-electron chi connectivity index (χ3n) is 3.35. The summed E-state index contributed by atoms with van der Waals surface area (Å²) in [4.78, 5) is 28.6. The Labute approximate surface area is 155 Å². The fourth-order valence-corrected chi connectivity index (χ4v) is 2.12. The van der Waals surface area contributed by atoms with Gasteiger partial charge in [0.15, 0.2) is 0 Å². The zero-order valence-electron chi connectivity index (χ0n) is 14.0. The smallest absolute Gasteiger partial charge is 0.412 e. The van der Waals surface area contributed by atoms with Gasteiger partial charge >= 0.3 is 12.1 Å². The van der Waals surface area contributed by atoms with Crippen molar-refractivity contribution < 1.29 is 18.7 Å². The van der Waals surface area contributed by atoms with Crippen LogP contribution in [0.1, 0.15) is 5.56 Å². The third-order valence-corrected chi connectivity index (χ3v) is 3.72. The molecule has 9 heteroatoms. The molecule has 26 heavy (non-hydrogen) atoms. The van der Waals surface area contributed by atoms with Gasteiger partial charge in [-0.2, -0.15) is 0 Å². The number of nitrogens with zero attached hydrogens (tertiary/aromatic N) is 2. The van der Waals surface area contributed by atoms with Gasteiger partial charge in [-0.1, -0.05) is 29.8 Å². The minimum atomic E-state index is -0.742. The van der Waals surface area contributed by atoms with Gasteiger partial charge in [-0.15, -0.1) is 0 Å². The van der Waals surface area contributed by atoms with E-state index in [-0.39, 0.29) is 25.0 Å². The van der Waals surface area contributed by atoms with E-state index in [4.69, 9.17) is 16.3 Å². The van der Waals surface area contributed by atoms with Gasteiger partial charge in [0, 0.05) is 18.6 Å². The Kier molecular flexibility index (Phi) is 7.16. The number of hydrogen-bond donors (Lipinski definition) is 2. The molecule has 0 spiro atoms. The molecule has 0 unspecified atom stereocenters. The maximum absolute atomic E-state index is 12.7. The third kappa shape index (κ3) is 6.21. The van der Waals surface area contributed by atoms with Gasteiger partial charge in [-0.25, -0.2) is 19.0 Å². The van der Waals surface area contributed by atoms with Gasteiger partial charge in [0.1, 0.15) is 18.2 Å². The first-order valence-corrected chi connectivity index (χ1v) is 8.11. The van der Waals surface area contributed by atoms with Crippen LogP contribution >= 0.6 is 11.6 Å². The average Bonchev–Trinajstić information content (AvgIpc) is 2.62. The number of ether oxygens (including phenoxy) is 1. The van der Waals surface area contributed by atoms with E-state index in [2.05, 4.69) is 15.6 Å². The Bertz CT molecular complexity index is 758. The van der Waals surface area contributed by atoms with Crippen LogP contribution in [-0.4, -0.2) is 42.2 Å². The van der Waals surface area contributed by atoms with Crippen LogP contribution < -0.4 is 10.6 Å². The molecule has 2 N–H and O–H groups in total. The molecule has 0 bridgehead atoms. The molecule has 138 valence electrons. The number of benzene rings is 1. The number of rotatable bonds is 6. The van der Waals surface area contributed by atoms with Crippen molar-refractivity contribution in [2.75, 3.05) is 25.5 Å². The minimum absolute atomic E-state index is 0.0109. The first-order chi connectivity index (χ1) is 12.5. The highest BCUT2D eigenvalue weighted by Crippen LogP contribution is 2.14. The molecule has 0 fully saturated rings. The van der Waals surface area contributed by atoms with Gasteiger partial charge in [-0.05, 0) is 23.8 Å². The van der Waals surface area contributed by atoms with Crippen LogP contribution in [0.2, 0.25) is 5.02 Å². The van der Waals surface area contributed by atoms with E-state index in [1.54, 1.807) is 13.1 Å². The molecule has 0 saturated heterocycles. The zero-order chi connectivity index (χ0) is 18.9. The largest absolute Gasteiger partial charge is 0.447 e. The molecule has 0 saturated carbocycles. The Hall–Kier alpha value is -2.87. The summed E-state index contributed by atoms with van der Waals surface area (Å²) in [5, 5.41) is 5.65. The maximum Gasteiger partial charge on any atom is 0.412 e. The summed E-state index contributed by atoms with van der Waals surface area (Å²) in [7, 11) is 1.57. The number of nitrogens with one attached hydrogen (secondary N) is 2. The Balaban J connectivity index is 1.68. The molecule has 0 aliphatic heterocycles. The van der Waals surface area contributed by atoms with E-state index in [1.165, 1.54) is 17.0 Å². The summed E-state index contributed by atoms with van der Waals surface area (Å²) in [6.45, 7) is 0.474. The summed E-state index contributed by atoms with van der Waals surface area (Å²) < 4.78 is 17.7. The van der Waals surface area contributed by atoms with Crippen molar-refractivity contribution in [1.29, 1.82) is 0 Å². The lowest BCUT2D eigenvalue weighted by molar-refractivity contribution is 0.146. The molecule has 2 aromatic rings. The lowest BCUT2D eigenvalue weighted by Crippen LogP contribution is -2.39. The van der Waals surface area contributed by atoms with E-state index in [0.29, 0.717) is 11.6 Å². The molecule has 1 heterocycles. The van der Waals surface area contributed by atoms with Crippen molar-refractivity contribution in [2.45, 2.75) is 6.54 Å². The SMILES string of the molecule is CN(CCOC(=O)Nc1ccc(F)cn1)C(=O)NCc1ccccc1Cl. The van der Waals surface area contributed by atoms with E-state index in [1.807, 2.05) is 18.2 Å². The second-order valence-corrected chi connectivity index (χ2v) is 5.70. The van der Waals surface area contributed by atoms with Gasteiger partial charge < -0.3 is 15.0 Å². The fraction of sp³-hybridized carbons (Fsp3) is 0.235. The molecule has 0 aliphatic rings. The van der Waals surface area contributed by atoms with Crippen molar-refractivity contribution >= 4 is 29.5 Å². The van der Waals surface area contributed by atoms with Gasteiger partial charge in [0.25, 0.3) is 0 Å². The number of halogens is 2. The molecular weight excluding hydrogens is 363 g/mol. The van der Waals surface area contributed by atoms with Crippen LogP contribution in [0, 0.1) is 5.82 Å². The molecule has 0 radical (unpaired) electrons. The second-order valence-electron chi connectivity index (χ2n) is 5.29. The topological polar surface area (TPSA) is 83.6 Å². The normalized spacial score (nSPS) is 10.1. The molecule has 1 aromatic heterocycles. The van der Waals surface area contributed by atoms with Crippen molar-refractivity contribution in [3.8, 4) is 0 Å². The zero-order valence-corrected chi connectivity index (χ0v) is 14.8. The van der Waals surface area contributed by atoms with E-state index in [0.717, 1.165) is 11.8 Å². The summed E-state index contributed by atoms with van der Waals surface area (Å²) >= 11 is 6.03. The van der Waals surface area contributed by atoms with Crippen LogP contribution in [-0.2, 0) is 11.3 Å². The molecule has 0 aliphatic carbocycles. The first-order valence-electron chi connectivity index (χ1n) is 7.73. The number of hydrogen-bond acceptors (Lipinski definition) is 4. The van der Waals surface area contributed by atoms with E-state index < -0.39 is 11.9 Å². The molecule has 2 rings (SSSR count). The predicted molar refractivity (Wildman–Crippen MR) is 95.5 cm³/mol. The molecule has 1 aromatic carbocycles. The molecule has 7 nitrogen and oxygen atoms in total. The summed E-state index contributed by atoms with van der Waals surface area (Å²) in [6, 6.07) is 9.36. The Morgan fingerprint density at radius 2 is 2.04 bits per heavy atom. The standard InChI is InChI=1S/C17H18ClFN4O3/c1-23(16(24)21-10-12-4-2-3-5-14(12)18)8-9-26-17(25)22-15-7-6-13(19)11-20-15/h2-7,11H,8-10H2,1H3,(H,21,24)(H,20,22,25). The highest BCUT2D eigenvalue weighted by Gasteiger charge is 2.10. The second kappa shape index (κ2) is 9.57. The van der Waals surface area contributed by atoms with Crippen molar-refractivity contribution in [3.63, 3.8) is 0 Å². The number of pyridine rings is 1. The summed E-state index contributed by atoms with van der Waals surface area (Å²) in [5.74, 6) is -0.337. The van der Waals surface area contributed by atoms with E-state index >= 15 is 0 Å². The highest BCUT2D eigenvalue weighted by atomic mass is 35.5. The first kappa shape index (κ1) is 19.5. The van der Waals surface area contributed by atoms with Gasteiger partial charge in [0.2, 0.25) is 0 Å². The van der Waals surface area contributed by atoms with Crippen molar-refractivity contribution in [3.05, 3.63) is 59.0 Å². The number of amides is 3. The fourth-order valence-electron chi connectivity index (χ4n) is 1.91. The quantitative estimate of drug-likeness (QED) is 0.805. The monoisotopic (exact) mass is 380 g/mol. The lowest BCUT2D eigenvalue weighted by atomic mass is 10.2. The van der Waals surface area contributed by atoms with Crippen LogP contribution in [0.15, 0.2) is 42.6 Å². The number of carbonyl (C=O) groups is 2. The van der Waals surface area contributed by atoms with Crippen LogP contribution in [0.3, 0.4) is 0 Å². The minimum Gasteiger partial charge on any atom is -0.447 e. The predicted octanol–water partition coefficient (Wildman–Crippen LogP) is 3.26. The number of anilines is 1. The van der Waals surface area contributed by atoms with Crippen molar-refractivity contribution in [2.24, 2.45) is 0 Å². The highest BCUT2D eigenvalue weighted by molar-refractivity contribution is 6.31. The summed E-state index contributed by atoms with van der Waals surface area (Å²) in [5.41, 5.74) is 0.804. The molecular formula is C17H18ClFN4O3. The van der Waals surface area contributed by atoms with Crippen LogP contribution in [0.25, 0.3) is 0 Å². The van der Waals surface area contributed by atoms with Gasteiger partial charge in [0.05, 0.1) is 12.7 Å². The average molecular weight is 381 g/mol. The molecule has 3 amide bonds. The summed E-state index contributed by atoms with van der Waals surface area (Å²) in [6.07, 6.45) is 0.237. The Morgan fingerprint density at radius 3 is 2.73 bits per heavy atom. The Morgan fingerprint density at radius 1 is 1.27 bits per heavy atom. The van der Waals surface area contributed by atoms with Gasteiger partial charge in [-0.3, -0.25) is 5.32 Å². The number of aromatic nitrogens is 1. The number of carbonyl (C=O) groups excluding carboxylic acids is 2.